The van der Waals surface area contributed by atoms with Crippen LogP contribution in [0.15, 0.2) is 29.3 Å². The lowest BCUT2D eigenvalue weighted by Crippen LogP contribution is -2.45. The number of hydrogen-bond donors (Lipinski definition) is 3. The monoisotopic (exact) mass is 377 g/mol. The lowest BCUT2D eigenvalue weighted by atomic mass is 10.1. The Morgan fingerprint density at radius 1 is 1.11 bits per heavy atom. The first kappa shape index (κ1) is 22.8. The SMILES string of the molecule is CN=C(NCCc1ccc(OCC(N)=O)cc1)NCCN(C(C)C)C(C)C. The molecule has 7 heteroatoms. The van der Waals surface area contributed by atoms with Crippen molar-refractivity contribution in [1.29, 1.82) is 0 Å². The van der Waals surface area contributed by atoms with Gasteiger partial charge in [0.25, 0.3) is 5.91 Å². The Hall–Kier alpha value is -2.28. The topological polar surface area (TPSA) is 92.0 Å². The van der Waals surface area contributed by atoms with Crippen LogP contribution in [0.25, 0.3) is 0 Å². The first-order chi connectivity index (χ1) is 12.8. The van der Waals surface area contributed by atoms with Gasteiger partial charge in [-0.3, -0.25) is 14.7 Å². The standard InChI is InChI=1S/C20H35N5O2/c1-15(2)25(16(3)4)13-12-24-20(22-5)23-11-10-17-6-8-18(9-7-17)27-14-19(21)26/h6-9,15-16H,10-14H2,1-5H3,(H2,21,26)(H2,22,23,24). The average Bonchev–Trinajstić information content (AvgIpc) is 2.62. The molecule has 27 heavy (non-hydrogen) atoms. The van der Waals surface area contributed by atoms with Gasteiger partial charge in [-0.15, -0.1) is 0 Å². The second-order valence-corrected chi connectivity index (χ2v) is 7.00. The van der Waals surface area contributed by atoms with Crippen LogP contribution in [0.4, 0.5) is 0 Å². The van der Waals surface area contributed by atoms with E-state index >= 15 is 0 Å². The molecule has 0 unspecified atom stereocenters. The lowest BCUT2D eigenvalue weighted by Gasteiger charge is -2.30. The molecule has 0 aromatic heterocycles. The fourth-order valence-electron chi connectivity index (χ4n) is 2.87. The number of primary amides is 1. The second-order valence-electron chi connectivity index (χ2n) is 7.00. The van der Waals surface area contributed by atoms with E-state index in [-0.39, 0.29) is 6.61 Å². The summed E-state index contributed by atoms with van der Waals surface area (Å²) in [6, 6.07) is 8.71. The van der Waals surface area contributed by atoms with Gasteiger partial charge in [0.05, 0.1) is 0 Å². The quantitative estimate of drug-likeness (QED) is 0.400. The van der Waals surface area contributed by atoms with Crippen molar-refractivity contribution in [2.75, 3.05) is 33.3 Å². The molecule has 7 nitrogen and oxygen atoms in total. The van der Waals surface area contributed by atoms with E-state index in [9.17, 15) is 4.79 Å². The summed E-state index contributed by atoms with van der Waals surface area (Å²) in [6.07, 6.45) is 0.862. The number of benzene rings is 1. The van der Waals surface area contributed by atoms with Crippen LogP contribution in [0, 0.1) is 0 Å². The van der Waals surface area contributed by atoms with Gasteiger partial charge in [0, 0.05) is 38.8 Å². The Morgan fingerprint density at radius 2 is 1.70 bits per heavy atom. The van der Waals surface area contributed by atoms with Gasteiger partial charge < -0.3 is 21.1 Å². The molecule has 1 amide bonds. The van der Waals surface area contributed by atoms with Crippen molar-refractivity contribution in [1.82, 2.24) is 15.5 Å². The van der Waals surface area contributed by atoms with Crippen LogP contribution >= 0.6 is 0 Å². The molecule has 4 N–H and O–H groups in total. The Morgan fingerprint density at radius 3 is 2.22 bits per heavy atom. The largest absolute Gasteiger partial charge is 0.484 e. The number of nitrogens with zero attached hydrogens (tertiary/aromatic N) is 2. The Bertz CT molecular complexity index is 577. The number of carbonyl (C=O) groups is 1. The van der Waals surface area contributed by atoms with E-state index in [0.29, 0.717) is 17.8 Å². The lowest BCUT2D eigenvalue weighted by molar-refractivity contribution is -0.119. The van der Waals surface area contributed by atoms with Gasteiger partial charge in [-0.25, -0.2) is 0 Å². The third-order valence-corrected chi connectivity index (χ3v) is 4.22. The summed E-state index contributed by atoms with van der Waals surface area (Å²) in [5, 5.41) is 6.70. The molecule has 0 spiro atoms. The molecule has 0 aliphatic rings. The van der Waals surface area contributed by atoms with Crippen molar-refractivity contribution >= 4 is 11.9 Å². The summed E-state index contributed by atoms with van der Waals surface area (Å²) in [6.45, 7) is 11.4. The van der Waals surface area contributed by atoms with Crippen LogP contribution in [0.1, 0.15) is 33.3 Å². The second kappa shape index (κ2) is 12.2. The molecule has 0 atom stereocenters. The molecule has 0 heterocycles. The van der Waals surface area contributed by atoms with Crippen LogP contribution in [0.2, 0.25) is 0 Å². The number of amides is 1. The van der Waals surface area contributed by atoms with Gasteiger partial charge in [-0.2, -0.15) is 0 Å². The third kappa shape index (κ3) is 9.28. The predicted octanol–water partition coefficient (Wildman–Crippen LogP) is 1.38. The van der Waals surface area contributed by atoms with Gasteiger partial charge in [0.1, 0.15) is 5.75 Å². The predicted molar refractivity (Wildman–Crippen MR) is 111 cm³/mol. The van der Waals surface area contributed by atoms with Crippen molar-refractivity contribution < 1.29 is 9.53 Å². The van der Waals surface area contributed by atoms with Gasteiger partial charge in [0.2, 0.25) is 0 Å². The number of aliphatic imine (C=N–C) groups is 1. The van der Waals surface area contributed by atoms with E-state index in [1.54, 1.807) is 7.05 Å². The molecule has 0 saturated heterocycles. The summed E-state index contributed by atoms with van der Waals surface area (Å²) >= 11 is 0. The molecule has 0 saturated carbocycles. The van der Waals surface area contributed by atoms with Crippen molar-refractivity contribution in [2.24, 2.45) is 10.7 Å². The maximum absolute atomic E-state index is 10.7. The highest BCUT2D eigenvalue weighted by Crippen LogP contribution is 2.12. The van der Waals surface area contributed by atoms with Crippen LogP contribution in [0.5, 0.6) is 5.75 Å². The number of nitrogens with one attached hydrogen (secondary N) is 2. The molecule has 1 rings (SSSR count). The minimum absolute atomic E-state index is 0.103. The highest BCUT2D eigenvalue weighted by Gasteiger charge is 2.12. The van der Waals surface area contributed by atoms with Crippen LogP contribution < -0.4 is 21.1 Å². The summed E-state index contributed by atoms with van der Waals surface area (Å²) < 4.78 is 5.26. The van der Waals surface area contributed by atoms with Crippen LogP contribution in [0.3, 0.4) is 0 Å². The zero-order valence-corrected chi connectivity index (χ0v) is 17.3. The number of rotatable bonds is 11. The van der Waals surface area contributed by atoms with Gasteiger partial charge in [0.15, 0.2) is 12.6 Å². The summed E-state index contributed by atoms with van der Waals surface area (Å²) in [5.74, 6) is 0.971. The fourth-order valence-corrected chi connectivity index (χ4v) is 2.87. The highest BCUT2D eigenvalue weighted by atomic mass is 16.5. The molecular weight excluding hydrogens is 342 g/mol. The maximum Gasteiger partial charge on any atom is 0.255 e. The number of ether oxygens (including phenoxy) is 1. The highest BCUT2D eigenvalue weighted by molar-refractivity contribution is 5.79. The van der Waals surface area contributed by atoms with E-state index in [4.69, 9.17) is 10.5 Å². The Balaban J connectivity index is 2.33. The van der Waals surface area contributed by atoms with Crippen molar-refractivity contribution in [3.8, 4) is 5.75 Å². The molecular formula is C20H35N5O2. The zero-order valence-electron chi connectivity index (χ0n) is 17.3. The van der Waals surface area contributed by atoms with Gasteiger partial charge >= 0.3 is 0 Å². The zero-order chi connectivity index (χ0) is 20.2. The van der Waals surface area contributed by atoms with Gasteiger partial charge in [-0.1, -0.05) is 12.1 Å². The first-order valence-corrected chi connectivity index (χ1v) is 9.53. The maximum atomic E-state index is 10.7. The number of carbonyl (C=O) groups excluding carboxylic acids is 1. The van der Waals surface area contributed by atoms with Crippen molar-refractivity contribution in [2.45, 2.75) is 46.2 Å². The minimum Gasteiger partial charge on any atom is -0.484 e. The molecule has 0 aliphatic heterocycles. The van der Waals surface area contributed by atoms with E-state index in [0.717, 1.165) is 32.0 Å². The average molecular weight is 378 g/mol. The van der Waals surface area contributed by atoms with E-state index in [1.807, 2.05) is 24.3 Å². The van der Waals surface area contributed by atoms with Crippen molar-refractivity contribution in [3.63, 3.8) is 0 Å². The first-order valence-electron chi connectivity index (χ1n) is 9.53. The number of hydrogen-bond acceptors (Lipinski definition) is 4. The molecule has 0 fully saturated rings. The van der Waals surface area contributed by atoms with E-state index < -0.39 is 5.91 Å². The summed E-state index contributed by atoms with van der Waals surface area (Å²) in [4.78, 5) is 17.4. The summed E-state index contributed by atoms with van der Waals surface area (Å²) in [7, 11) is 1.78. The van der Waals surface area contributed by atoms with Crippen molar-refractivity contribution in [3.05, 3.63) is 29.8 Å². The summed E-state index contributed by atoms with van der Waals surface area (Å²) in [5.41, 5.74) is 6.24. The Labute approximate surface area is 163 Å². The van der Waals surface area contributed by atoms with Crippen LogP contribution in [-0.2, 0) is 11.2 Å². The molecule has 0 bridgehead atoms. The fraction of sp³-hybridized carbons (Fsp3) is 0.600. The molecule has 0 radical (unpaired) electrons. The molecule has 1 aromatic rings. The van der Waals surface area contributed by atoms with E-state index in [1.165, 1.54) is 5.56 Å². The number of guanidine groups is 1. The Kier molecular flexibility index (Phi) is 10.3. The third-order valence-electron chi connectivity index (χ3n) is 4.22. The minimum atomic E-state index is -0.480. The number of nitrogens with two attached hydrogens (primary N) is 1. The molecule has 0 aliphatic carbocycles. The van der Waals surface area contributed by atoms with Crippen LogP contribution in [-0.4, -0.2) is 62.1 Å². The smallest absolute Gasteiger partial charge is 0.255 e. The molecule has 152 valence electrons. The van der Waals surface area contributed by atoms with Gasteiger partial charge in [-0.05, 0) is 51.8 Å². The molecule has 1 aromatic carbocycles. The van der Waals surface area contributed by atoms with E-state index in [2.05, 4.69) is 48.2 Å². The normalized spacial score (nSPS) is 11.9.